The van der Waals surface area contributed by atoms with Gasteiger partial charge in [0, 0.05) is 18.7 Å². The highest BCUT2D eigenvalue weighted by molar-refractivity contribution is 7.90. The molecule has 0 aliphatic carbocycles. The number of nitrogens with two attached hydrogens (primary N) is 1. The number of halogens is 2. The largest absolute Gasteiger partial charge is 0.345 e. The van der Waals surface area contributed by atoms with Crippen molar-refractivity contribution >= 4 is 15.7 Å². The third-order valence-electron chi connectivity index (χ3n) is 4.03. The van der Waals surface area contributed by atoms with E-state index < -0.39 is 27.5 Å². The van der Waals surface area contributed by atoms with Gasteiger partial charge in [-0.3, -0.25) is 4.79 Å². The molecule has 2 rings (SSSR count). The molecule has 2 aromatic rings. The van der Waals surface area contributed by atoms with Crippen LogP contribution in [0.5, 0.6) is 0 Å². The Balaban J connectivity index is 2.43. The van der Waals surface area contributed by atoms with Gasteiger partial charge < -0.3 is 11.1 Å². The Morgan fingerprint density at radius 2 is 1.78 bits per heavy atom. The zero-order chi connectivity index (χ0) is 20.2. The molecule has 146 valence electrons. The SMILES string of the molecule is CC(N)CCC(=O)NC(c1cccc(S(C)(=O)=O)c1)c1ccc(F)c(F)c1. The van der Waals surface area contributed by atoms with Gasteiger partial charge in [-0.25, -0.2) is 17.2 Å². The molecule has 0 aliphatic heterocycles. The molecular formula is C19H22F2N2O3S. The number of carbonyl (C=O) groups is 1. The summed E-state index contributed by atoms with van der Waals surface area (Å²) >= 11 is 0. The Morgan fingerprint density at radius 3 is 2.37 bits per heavy atom. The van der Waals surface area contributed by atoms with E-state index in [-0.39, 0.29) is 23.3 Å². The summed E-state index contributed by atoms with van der Waals surface area (Å²) in [5.74, 6) is -2.39. The van der Waals surface area contributed by atoms with Crippen molar-refractivity contribution in [3.63, 3.8) is 0 Å². The normalized spacial score (nSPS) is 13.8. The molecule has 0 fully saturated rings. The lowest BCUT2D eigenvalue weighted by Gasteiger charge is -2.21. The van der Waals surface area contributed by atoms with Gasteiger partial charge in [0.1, 0.15) is 0 Å². The first-order chi connectivity index (χ1) is 12.6. The number of benzene rings is 2. The van der Waals surface area contributed by atoms with Crippen LogP contribution in [0.25, 0.3) is 0 Å². The molecule has 0 aromatic heterocycles. The molecule has 0 saturated carbocycles. The summed E-state index contributed by atoms with van der Waals surface area (Å²) < 4.78 is 50.7. The Hall–Kier alpha value is -2.32. The first kappa shape index (κ1) is 21.0. The molecule has 27 heavy (non-hydrogen) atoms. The predicted molar refractivity (Wildman–Crippen MR) is 98.8 cm³/mol. The van der Waals surface area contributed by atoms with Crippen LogP contribution in [0.1, 0.15) is 36.9 Å². The molecule has 8 heteroatoms. The van der Waals surface area contributed by atoms with Crippen molar-refractivity contribution < 1.29 is 22.0 Å². The van der Waals surface area contributed by atoms with E-state index in [4.69, 9.17) is 5.73 Å². The second-order valence-electron chi connectivity index (χ2n) is 6.53. The Morgan fingerprint density at radius 1 is 1.11 bits per heavy atom. The van der Waals surface area contributed by atoms with Gasteiger partial charge in [-0.1, -0.05) is 18.2 Å². The Labute approximate surface area is 157 Å². The molecule has 0 aliphatic rings. The fourth-order valence-corrected chi connectivity index (χ4v) is 3.24. The summed E-state index contributed by atoms with van der Waals surface area (Å²) in [4.78, 5) is 12.4. The number of hydrogen-bond acceptors (Lipinski definition) is 4. The van der Waals surface area contributed by atoms with E-state index in [0.717, 1.165) is 18.4 Å². The Bertz CT molecular complexity index is 930. The minimum Gasteiger partial charge on any atom is -0.345 e. The maximum atomic E-state index is 13.7. The van der Waals surface area contributed by atoms with Crippen molar-refractivity contribution in [3.05, 3.63) is 65.2 Å². The zero-order valence-corrected chi connectivity index (χ0v) is 15.9. The molecule has 2 aromatic carbocycles. The third-order valence-corrected chi connectivity index (χ3v) is 5.14. The van der Waals surface area contributed by atoms with Gasteiger partial charge in [-0.2, -0.15) is 0 Å². The molecule has 0 heterocycles. The number of amides is 1. The highest BCUT2D eigenvalue weighted by Crippen LogP contribution is 2.26. The van der Waals surface area contributed by atoms with Crippen LogP contribution in [0, 0.1) is 11.6 Å². The monoisotopic (exact) mass is 396 g/mol. The first-order valence-corrected chi connectivity index (χ1v) is 10.3. The van der Waals surface area contributed by atoms with Gasteiger partial charge >= 0.3 is 0 Å². The smallest absolute Gasteiger partial charge is 0.220 e. The number of carbonyl (C=O) groups excluding carboxylic acids is 1. The highest BCUT2D eigenvalue weighted by atomic mass is 32.2. The van der Waals surface area contributed by atoms with Gasteiger partial charge in [-0.15, -0.1) is 0 Å². The van der Waals surface area contributed by atoms with Crippen LogP contribution in [0.3, 0.4) is 0 Å². The minimum absolute atomic E-state index is 0.0670. The van der Waals surface area contributed by atoms with Crippen molar-refractivity contribution in [2.75, 3.05) is 6.26 Å². The molecule has 2 unspecified atom stereocenters. The lowest BCUT2D eigenvalue weighted by Crippen LogP contribution is -2.30. The topological polar surface area (TPSA) is 89.3 Å². The summed E-state index contributed by atoms with van der Waals surface area (Å²) in [5.41, 5.74) is 6.40. The standard InChI is InChI=1S/C19H22F2N2O3S/c1-12(22)6-9-18(24)23-19(14-7-8-16(20)17(21)11-14)13-4-3-5-15(10-13)27(2,25)26/h3-5,7-8,10-12,19H,6,9,22H2,1-2H3,(H,23,24). The number of nitrogens with one attached hydrogen (secondary N) is 1. The van der Waals surface area contributed by atoms with E-state index in [1.807, 2.05) is 0 Å². The molecule has 0 bridgehead atoms. The van der Waals surface area contributed by atoms with Crippen molar-refractivity contribution in [3.8, 4) is 0 Å². The maximum absolute atomic E-state index is 13.7. The van der Waals surface area contributed by atoms with E-state index in [1.165, 1.54) is 24.3 Å². The fourth-order valence-electron chi connectivity index (χ4n) is 2.57. The molecule has 2 atom stereocenters. The predicted octanol–water partition coefficient (Wildman–Crippen LogP) is 2.70. The quantitative estimate of drug-likeness (QED) is 0.753. The van der Waals surface area contributed by atoms with Gasteiger partial charge in [-0.05, 0) is 48.7 Å². The van der Waals surface area contributed by atoms with Crippen LogP contribution < -0.4 is 11.1 Å². The molecule has 3 N–H and O–H groups in total. The fraction of sp³-hybridized carbons (Fsp3) is 0.316. The summed E-state index contributed by atoms with van der Waals surface area (Å²) in [5, 5.41) is 2.75. The minimum atomic E-state index is -3.47. The van der Waals surface area contributed by atoms with E-state index in [0.29, 0.717) is 17.5 Å². The first-order valence-electron chi connectivity index (χ1n) is 8.38. The summed E-state index contributed by atoms with van der Waals surface area (Å²) in [6.45, 7) is 1.77. The van der Waals surface area contributed by atoms with E-state index >= 15 is 0 Å². The van der Waals surface area contributed by atoms with E-state index in [9.17, 15) is 22.0 Å². The maximum Gasteiger partial charge on any atom is 0.220 e. The highest BCUT2D eigenvalue weighted by Gasteiger charge is 2.20. The van der Waals surface area contributed by atoms with Crippen molar-refractivity contribution in [2.45, 2.75) is 36.7 Å². The second-order valence-corrected chi connectivity index (χ2v) is 8.55. The lowest BCUT2D eigenvalue weighted by molar-refractivity contribution is -0.121. The summed E-state index contributed by atoms with van der Waals surface area (Å²) in [6.07, 6.45) is 1.68. The molecule has 0 saturated heterocycles. The summed E-state index contributed by atoms with van der Waals surface area (Å²) in [6, 6.07) is 8.30. The number of rotatable bonds is 7. The number of sulfone groups is 1. The molecular weight excluding hydrogens is 374 g/mol. The van der Waals surface area contributed by atoms with E-state index in [1.54, 1.807) is 13.0 Å². The van der Waals surface area contributed by atoms with Crippen molar-refractivity contribution in [1.82, 2.24) is 5.32 Å². The second kappa shape index (κ2) is 8.58. The van der Waals surface area contributed by atoms with Crippen LogP contribution in [0.2, 0.25) is 0 Å². The van der Waals surface area contributed by atoms with Crippen LogP contribution >= 0.6 is 0 Å². The van der Waals surface area contributed by atoms with Crippen molar-refractivity contribution in [2.24, 2.45) is 5.73 Å². The molecule has 0 spiro atoms. The zero-order valence-electron chi connectivity index (χ0n) is 15.1. The van der Waals surface area contributed by atoms with E-state index in [2.05, 4.69) is 5.32 Å². The van der Waals surface area contributed by atoms with Crippen molar-refractivity contribution in [1.29, 1.82) is 0 Å². The van der Waals surface area contributed by atoms with Gasteiger partial charge in [0.05, 0.1) is 10.9 Å². The van der Waals surface area contributed by atoms with Gasteiger partial charge in [0.15, 0.2) is 21.5 Å². The molecule has 5 nitrogen and oxygen atoms in total. The Kier molecular flexibility index (Phi) is 6.67. The third kappa shape index (κ3) is 5.83. The number of hydrogen-bond donors (Lipinski definition) is 2. The van der Waals surface area contributed by atoms with Crippen LogP contribution in [-0.2, 0) is 14.6 Å². The van der Waals surface area contributed by atoms with Gasteiger partial charge in [0.25, 0.3) is 0 Å². The van der Waals surface area contributed by atoms with Crippen LogP contribution in [0.15, 0.2) is 47.4 Å². The molecule has 0 radical (unpaired) electrons. The van der Waals surface area contributed by atoms with Gasteiger partial charge in [0.2, 0.25) is 5.91 Å². The molecule has 1 amide bonds. The summed E-state index contributed by atoms with van der Waals surface area (Å²) in [7, 11) is -3.47. The lowest BCUT2D eigenvalue weighted by atomic mass is 9.98. The average Bonchev–Trinajstić information content (AvgIpc) is 2.60. The van der Waals surface area contributed by atoms with Crippen LogP contribution in [-0.4, -0.2) is 26.6 Å². The average molecular weight is 396 g/mol. The van der Waals surface area contributed by atoms with Crippen LogP contribution in [0.4, 0.5) is 8.78 Å².